The molecular formula is C17H28ClFN2. The molecule has 0 heterocycles. The van der Waals surface area contributed by atoms with Gasteiger partial charge in [0, 0.05) is 6.04 Å². The lowest BCUT2D eigenvalue weighted by Crippen LogP contribution is -2.28. The summed E-state index contributed by atoms with van der Waals surface area (Å²) in [5, 5.41) is 0.154. The van der Waals surface area contributed by atoms with Crippen LogP contribution in [0.3, 0.4) is 0 Å². The highest BCUT2D eigenvalue weighted by Crippen LogP contribution is 2.23. The molecule has 0 radical (unpaired) electrons. The van der Waals surface area contributed by atoms with Crippen molar-refractivity contribution in [3.8, 4) is 0 Å². The van der Waals surface area contributed by atoms with E-state index in [0.29, 0.717) is 0 Å². The van der Waals surface area contributed by atoms with Crippen LogP contribution in [0.2, 0.25) is 5.02 Å². The number of benzene rings is 1. The molecule has 4 heteroatoms. The standard InChI is InChI=1S/C17H28ClFN2/c1-2-3-4-5-6-7-8-9-10-17(21-20)14-11-12-15(18)16(19)13-14/h11-13,17,21H,2-10,20H2,1H3. The number of nitrogens with two attached hydrogens (primary N) is 1. The molecule has 0 saturated heterocycles. The fourth-order valence-electron chi connectivity index (χ4n) is 2.56. The van der Waals surface area contributed by atoms with Crippen molar-refractivity contribution in [2.45, 2.75) is 70.8 Å². The summed E-state index contributed by atoms with van der Waals surface area (Å²) in [6.45, 7) is 2.24. The largest absolute Gasteiger partial charge is 0.271 e. The monoisotopic (exact) mass is 314 g/mol. The van der Waals surface area contributed by atoms with E-state index < -0.39 is 0 Å². The van der Waals surface area contributed by atoms with Gasteiger partial charge < -0.3 is 0 Å². The summed E-state index contributed by atoms with van der Waals surface area (Å²) in [7, 11) is 0. The van der Waals surface area contributed by atoms with E-state index in [1.807, 2.05) is 6.07 Å². The number of nitrogens with one attached hydrogen (secondary N) is 1. The maximum Gasteiger partial charge on any atom is 0.142 e. The molecule has 0 aromatic heterocycles. The third-order valence-electron chi connectivity index (χ3n) is 3.89. The number of hydrogen-bond donors (Lipinski definition) is 2. The predicted octanol–water partition coefficient (Wildman–Crippen LogP) is 5.51. The van der Waals surface area contributed by atoms with Gasteiger partial charge in [-0.3, -0.25) is 11.3 Å². The average Bonchev–Trinajstić information content (AvgIpc) is 2.49. The van der Waals surface area contributed by atoms with Crippen LogP contribution in [0, 0.1) is 5.82 Å². The summed E-state index contributed by atoms with van der Waals surface area (Å²) in [6, 6.07) is 4.89. The first-order chi connectivity index (χ1) is 10.2. The number of halogens is 2. The van der Waals surface area contributed by atoms with Crippen molar-refractivity contribution in [1.29, 1.82) is 0 Å². The van der Waals surface area contributed by atoms with Crippen LogP contribution in [-0.2, 0) is 0 Å². The van der Waals surface area contributed by atoms with E-state index in [9.17, 15) is 4.39 Å². The zero-order chi connectivity index (χ0) is 15.5. The highest BCUT2D eigenvalue weighted by molar-refractivity contribution is 6.30. The SMILES string of the molecule is CCCCCCCCCCC(NN)c1ccc(Cl)c(F)c1. The maximum absolute atomic E-state index is 13.5. The lowest BCUT2D eigenvalue weighted by Gasteiger charge is -2.16. The first-order valence-corrected chi connectivity index (χ1v) is 8.48. The van der Waals surface area contributed by atoms with Crippen LogP contribution < -0.4 is 11.3 Å². The normalized spacial score (nSPS) is 12.6. The molecule has 3 N–H and O–H groups in total. The molecule has 1 aromatic carbocycles. The Labute approximate surface area is 133 Å². The minimum Gasteiger partial charge on any atom is -0.271 e. The van der Waals surface area contributed by atoms with Crippen LogP contribution in [-0.4, -0.2) is 0 Å². The Kier molecular flexibility index (Phi) is 9.64. The molecule has 0 spiro atoms. The maximum atomic E-state index is 13.5. The highest BCUT2D eigenvalue weighted by Gasteiger charge is 2.11. The minimum atomic E-state index is -0.384. The van der Waals surface area contributed by atoms with Gasteiger partial charge in [-0.05, 0) is 24.1 Å². The van der Waals surface area contributed by atoms with E-state index >= 15 is 0 Å². The third-order valence-corrected chi connectivity index (χ3v) is 4.20. The van der Waals surface area contributed by atoms with Gasteiger partial charge in [0.1, 0.15) is 5.82 Å². The van der Waals surface area contributed by atoms with E-state index in [1.165, 1.54) is 51.0 Å². The molecule has 0 amide bonds. The number of rotatable bonds is 11. The number of hydrazine groups is 1. The van der Waals surface area contributed by atoms with Gasteiger partial charge in [-0.2, -0.15) is 0 Å². The molecule has 1 atom stereocenters. The molecular weight excluding hydrogens is 287 g/mol. The van der Waals surface area contributed by atoms with Crippen molar-refractivity contribution >= 4 is 11.6 Å². The Morgan fingerprint density at radius 2 is 1.71 bits per heavy atom. The lowest BCUT2D eigenvalue weighted by atomic mass is 10.00. The summed E-state index contributed by atoms with van der Waals surface area (Å²) in [5.74, 6) is 5.20. The minimum absolute atomic E-state index is 0.00291. The fraction of sp³-hybridized carbons (Fsp3) is 0.647. The third kappa shape index (κ3) is 7.25. The van der Waals surface area contributed by atoms with Crippen molar-refractivity contribution in [3.05, 3.63) is 34.6 Å². The summed E-state index contributed by atoms with van der Waals surface area (Å²) < 4.78 is 13.5. The molecule has 0 aliphatic heterocycles. The Morgan fingerprint density at radius 3 is 2.29 bits per heavy atom. The average molecular weight is 315 g/mol. The highest BCUT2D eigenvalue weighted by atomic mass is 35.5. The van der Waals surface area contributed by atoms with Crippen molar-refractivity contribution in [2.75, 3.05) is 0 Å². The fourth-order valence-corrected chi connectivity index (χ4v) is 2.68. The van der Waals surface area contributed by atoms with Crippen molar-refractivity contribution in [1.82, 2.24) is 5.43 Å². The topological polar surface area (TPSA) is 38.0 Å². The Bertz CT molecular complexity index is 398. The molecule has 0 saturated carbocycles. The van der Waals surface area contributed by atoms with Crippen molar-refractivity contribution < 1.29 is 4.39 Å². The summed E-state index contributed by atoms with van der Waals surface area (Å²) in [4.78, 5) is 0. The van der Waals surface area contributed by atoms with Gasteiger partial charge >= 0.3 is 0 Å². The molecule has 1 unspecified atom stereocenters. The summed E-state index contributed by atoms with van der Waals surface area (Å²) in [5.41, 5.74) is 3.64. The molecule has 0 bridgehead atoms. The van der Waals surface area contributed by atoms with Gasteiger partial charge in [0.05, 0.1) is 5.02 Å². The van der Waals surface area contributed by atoms with Crippen LogP contribution in [0.5, 0.6) is 0 Å². The van der Waals surface area contributed by atoms with Gasteiger partial charge in [0.2, 0.25) is 0 Å². The first-order valence-electron chi connectivity index (χ1n) is 8.10. The Hall–Kier alpha value is -0.640. The Balaban J connectivity index is 2.23. The van der Waals surface area contributed by atoms with E-state index in [4.69, 9.17) is 17.4 Å². The van der Waals surface area contributed by atoms with Crippen molar-refractivity contribution in [2.24, 2.45) is 5.84 Å². The first kappa shape index (κ1) is 18.4. The quantitative estimate of drug-likeness (QED) is 0.321. The molecule has 21 heavy (non-hydrogen) atoms. The van der Waals surface area contributed by atoms with Crippen molar-refractivity contribution in [3.63, 3.8) is 0 Å². The zero-order valence-corrected chi connectivity index (χ0v) is 13.8. The van der Waals surface area contributed by atoms with E-state index in [2.05, 4.69) is 12.3 Å². The van der Waals surface area contributed by atoms with Crippen LogP contribution in [0.25, 0.3) is 0 Å². The van der Waals surface area contributed by atoms with Crippen LogP contribution in [0.15, 0.2) is 18.2 Å². The second-order valence-corrected chi connectivity index (χ2v) is 6.06. The smallest absolute Gasteiger partial charge is 0.142 e. The summed E-state index contributed by atoms with van der Waals surface area (Å²) >= 11 is 5.70. The second-order valence-electron chi connectivity index (χ2n) is 5.66. The molecule has 0 aliphatic carbocycles. The van der Waals surface area contributed by atoms with Crippen LogP contribution in [0.1, 0.15) is 76.3 Å². The van der Waals surface area contributed by atoms with Gasteiger partial charge in [-0.25, -0.2) is 4.39 Å². The summed E-state index contributed by atoms with van der Waals surface area (Å²) in [6.07, 6.45) is 11.2. The van der Waals surface area contributed by atoms with Crippen LogP contribution >= 0.6 is 11.6 Å². The van der Waals surface area contributed by atoms with E-state index in [1.54, 1.807) is 6.07 Å². The molecule has 0 aliphatic rings. The number of unbranched alkanes of at least 4 members (excludes halogenated alkanes) is 7. The molecule has 1 aromatic rings. The molecule has 120 valence electrons. The second kappa shape index (κ2) is 11.0. The van der Waals surface area contributed by atoms with E-state index in [-0.39, 0.29) is 16.9 Å². The van der Waals surface area contributed by atoms with E-state index in [0.717, 1.165) is 18.4 Å². The molecule has 2 nitrogen and oxygen atoms in total. The predicted molar refractivity (Wildman–Crippen MR) is 88.7 cm³/mol. The van der Waals surface area contributed by atoms with Gasteiger partial charge in [-0.15, -0.1) is 0 Å². The van der Waals surface area contributed by atoms with Crippen LogP contribution in [0.4, 0.5) is 4.39 Å². The Morgan fingerprint density at radius 1 is 1.10 bits per heavy atom. The molecule has 1 rings (SSSR count). The van der Waals surface area contributed by atoms with Gasteiger partial charge in [-0.1, -0.05) is 76.0 Å². The van der Waals surface area contributed by atoms with Gasteiger partial charge in [0.25, 0.3) is 0 Å². The van der Waals surface area contributed by atoms with Gasteiger partial charge in [0.15, 0.2) is 0 Å². The molecule has 0 fully saturated rings. The number of hydrogen-bond acceptors (Lipinski definition) is 2. The zero-order valence-electron chi connectivity index (χ0n) is 13.0. The lowest BCUT2D eigenvalue weighted by molar-refractivity contribution is 0.472.